The number of nitrogens with zero attached hydrogens (tertiary/aromatic N) is 2. The molecule has 0 fully saturated rings. The van der Waals surface area contributed by atoms with Gasteiger partial charge in [0.1, 0.15) is 3.70 Å². The number of carboxylic acid groups (broad SMARTS) is 1. The monoisotopic (exact) mass is 316 g/mol. The highest BCUT2D eigenvalue weighted by atomic mass is 127. The van der Waals surface area contributed by atoms with Gasteiger partial charge >= 0.3 is 6.16 Å². The summed E-state index contributed by atoms with van der Waals surface area (Å²) in [6.45, 7) is 0. The molecule has 0 aliphatic carbocycles. The predicted octanol–water partition coefficient (Wildman–Crippen LogP) is 2.29. The minimum Gasteiger partial charge on any atom is -0.449 e. The molecule has 76 valence electrons. The van der Waals surface area contributed by atoms with E-state index in [0.29, 0.717) is 9.09 Å². The zero-order chi connectivity index (χ0) is 10.8. The summed E-state index contributed by atoms with van der Waals surface area (Å²) in [5.74, 6) is 0.0125. The Kier molecular flexibility index (Phi) is 2.67. The molecule has 0 aliphatic rings. The summed E-state index contributed by atoms with van der Waals surface area (Å²) >= 11 is 2.03. The lowest BCUT2D eigenvalue weighted by Gasteiger charge is -2.03. The number of benzene rings is 1. The Morgan fingerprint density at radius 2 is 1.93 bits per heavy atom. The number of aromatic nitrogens is 2. The van der Waals surface area contributed by atoms with Crippen molar-refractivity contribution in [3.05, 3.63) is 28.0 Å². The first-order chi connectivity index (χ1) is 7.18. The Bertz CT molecular complexity index is 530. The fourth-order valence-corrected chi connectivity index (χ4v) is 1.78. The molecule has 0 unspecified atom stereocenters. The van der Waals surface area contributed by atoms with Crippen LogP contribution in [0, 0.1) is 3.70 Å². The maximum absolute atomic E-state index is 10.4. The summed E-state index contributed by atoms with van der Waals surface area (Å²) in [6, 6.07) is 7.20. The molecule has 0 aliphatic heterocycles. The average molecular weight is 316 g/mol. The summed E-state index contributed by atoms with van der Waals surface area (Å²) in [4.78, 5) is 10.4. The summed E-state index contributed by atoms with van der Waals surface area (Å²) in [5.41, 5.74) is 0. The topological polar surface area (TPSA) is 72.3 Å². The first-order valence-corrected chi connectivity index (χ1v) is 5.08. The Labute approximate surface area is 98.2 Å². The van der Waals surface area contributed by atoms with Crippen molar-refractivity contribution >= 4 is 39.5 Å². The molecule has 2 rings (SSSR count). The van der Waals surface area contributed by atoms with Gasteiger partial charge in [-0.05, 0) is 28.7 Å². The van der Waals surface area contributed by atoms with Crippen LogP contribution >= 0.6 is 22.6 Å². The lowest BCUT2D eigenvalue weighted by atomic mass is 10.2. The summed E-state index contributed by atoms with van der Waals surface area (Å²) in [5, 5.41) is 17.5. The third-order valence-electron chi connectivity index (χ3n) is 1.79. The average Bonchev–Trinajstić information content (AvgIpc) is 2.22. The van der Waals surface area contributed by atoms with Crippen molar-refractivity contribution in [3.63, 3.8) is 0 Å². The summed E-state index contributed by atoms with van der Waals surface area (Å²) in [7, 11) is 0. The standard InChI is InChI=1S/C9H5IN2O3/c10-7-5-3-1-2-4-6(5)8(12-11-7)15-9(13)14/h1-4H,(H,13,14). The van der Waals surface area contributed by atoms with Gasteiger partial charge in [-0.1, -0.05) is 18.2 Å². The van der Waals surface area contributed by atoms with E-state index in [2.05, 4.69) is 14.9 Å². The number of hydrogen-bond acceptors (Lipinski definition) is 4. The Morgan fingerprint density at radius 1 is 1.27 bits per heavy atom. The van der Waals surface area contributed by atoms with Crippen molar-refractivity contribution in [3.8, 4) is 5.88 Å². The number of hydrogen-bond donors (Lipinski definition) is 1. The fourth-order valence-electron chi connectivity index (χ4n) is 1.20. The number of rotatable bonds is 1. The van der Waals surface area contributed by atoms with Gasteiger partial charge in [0.15, 0.2) is 0 Å². The van der Waals surface area contributed by atoms with Crippen LogP contribution in [0.1, 0.15) is 0 Å². The number of carbonyl (C=O) groups is 1. The minimum atomic E-state index is -1.39. The SMILES string of the molecule is O=C(O)Oc1nnc(I)c2ccccc12. The van der Waals surface area contributed by atoms with E-state index >= 15 is 0 Å². The van der Waals surface area contributed by atoms with Crippen LogP contribution in [-0.2, 0) is 0 Å². The maximum atomic E-state index is 10.4. The first-order valence-electron chi connectivity index (χ1n) is 4.00. The first kappa shape index (κ1) is 10.1. The van der Waals surface area contributed by atoms with Gasteiger partial charge < -0.3 is 9.84 Å². The van der Waals surface area contributed by atoms with Crippen LogP contribution < -0.4 is 4.74 Å². The molecular weight excluding hydrogens is 311 g/mol. The third kappa shape index (κ3) is 1.99. The molecule has 0 atom stereocenters. The van der Waals surface area contributed by atoms with Gasteiger partial charge in [0.05, 0.1) is 0 Å². The molecule has 5 nitrogen and oxygen atoms in total. The van der Waals surface area contributed by atoms with Crippen molar-refractivity contribution < 1.29 is 14.6 Å². The van der Waals surface area contributed by atoms with Crippen molar-refractivity contribution in [1.82, 2.24) is 10.2 Å². The van der Waals surface area contributed by atoms with Gasteiger partial charge in [-0.2, -0.15) is 0 Å². The molecule has 15 heavy (non-hydrogen) atoms. The van der Waals surface area contributed by atoms with Crippen LogP contribution in [0.25, 0.3) is 10.8 Å². The number of fused-ring (bicyclic) bond motifs is 1. The largest absolute Gasteiger partial charge is 0.512 e. The molecule has 1 aromatic carbocycles. The van der Waals surface area contributed by atoms with E-state index < -0.39 is 6.16 Å². The second kappa shape index (κ2) is 3.97. The molecule has 0 saturated carbocycles. The van der Waals surface area contributed by atoms with E-state index in [9.17, 15) is 4.79 Å². The zero-order valence-corrected chi connectivity index (χ0v) is 9.50. The highest BCUT2D eigenvalue weighted by molar-refractivity contribution is 14.1. The van der Waals surface area contributed by atoms with E-state index in [1.807, 2.05) is 34.7 Å². The van der Waals surface area contributed by atoms with Gasteiger partial charge in [-0.15, -0.1) is 10.2 Å². The maximum Gasteiger partial charge on any atom is 0.512 e. The smallest absolute Gasteiger partial charge is 0.449 e. The Hall–Kier alpha value is -1.44. The molecule has 0 saturated heterocycles. The normalized spacial score (nSPS) is 10.2. The Morgan fingerprint density at radius 3 is 2.60 bits per heavy atom. The van der Waals surface area contributed by atoms with Crippen LogP contribution in [0.5, 0.6) is 5.88 Å². The van der Waals surface area contributed by atoms with Crippen LogP contribution in [-0.4, -0.2) is 21.5 Å². The molecular formula is C9H5IN2O3. The minimum absolute atomic E-state index is 0.0125. The van der Waals surface area contributed by atoms with E-state index in [0.717, 1.165) is 5.39 Å². The molecule has 1 heterocycles. The van der Waals surface area contributed by atoms with Crippen molar-refractivity contribution in [1.29, 1.82) is 0 Å². The van der Waals surface area contributed by atoms with Crippen LogP contribution in [0.2, 0.25) is 0 Å². The molecule has 1 aromatic heterocycles. The molecule has 0 amide bonds. The van der Waals surface area contributed by atoms with E-state index in [1.54, 1.807) is 12.1 Å². The number of ether oxygens (including phenoxy) is 1. The van der Waals surface area contributed by atoms with Gasteiger partial charge in [0.2, 0.25) is 0 Å². The van der Waals surface area contributed by atoms with Gasteiger partial charge in [-0.25, -0.2) is 4.79 Å². The molecule has 2 aromatic rings. The predicted molar refractivity (Wildman–Crippen MR) is 60.9 cm³/mol. The molecule has 6 heteroatoms. The van der Waals surface area contributed by atoms with Crippen molar-refractivity contribution in [2.24, 2.45) is 0 Å². The molecule has 0 radical (unpaired) electrons. The highest BCUT2D eigenvalue weighted by Gasteiger charge is 2.10. The lowest BCUT2D eigenvalue weighted by molar-refractivity contribution is 0.143. The van der Waals surface area contributed by atoms with E-state index in [4.69, 9.17) is 5.11 Å². The van der Waals surface area contributed by atoms with Gasteiger partial charge in [-0.3, -0.25) is 0 Å². The third-order valence-corrected chi connectivity index (χ3v) is 2.59. The van der Waals surface area contributed by atoms with Crippen LogP contribution in [0.15, 0.2) is 24.3 Å². The van der Waals surface area contributed by atoms with Gasteiger partial charge in [0, 0.05) is 10.8 Å². The quantitative estimate of drug-likeness (QED) is 0.645. The summed E-state index contributed by atoms with van der Waals surface area (Å²) < 4.78 is 5.23. The fraction of sp³-hybridized carbons (Fsp3) is 0. The second-order valence-corrected chi connectivity index (χ2v) is 3.73. The van der Waals surface area contributed by atoms with E-state index in [-0.39, 0.29) is 5.88 Å². The Balaban J connectivity index is 2.66. The molecule has 0 spiro atoms. The van der Waals surface area contributed by atoms with E-state index in [1.165, 1.54) is 0 Å². The highest BCUT2D eigenvalue weighted by Crippen LogP contribution is 2.25. The summed E-state index contributed by atoms with van der Waals surface area (Å²) in [6.07, 6.45) is -1.39. The van der Waals surface area contributed by atoms with Crippen molar-refractivity contribution in [2.75, 3.05) is 0 Å². The number of halogens is 1. The van der Waals surface area contributed by atoms with Crippen LogP contribution in [0.4, 0.5) is 4.79 Å². The zero-order valence-electron chi connectivity index (χ0n) is 7.35. The van der Waals surface area contributed by atoms with Crippen molar-refractivity contribution in [2.45, 2.75) is 0 Å². The molecule has 1 N–H and O–H groups in total. The second-order valence-electron chi connectivity index (χ2n) is 2.71. The lowest BCUT2D eigenvalue weighted by Crippen LogP contribution is -2.06. The van der Waals surface area contributed by atoms with Crippen LogP contribution in [0.3, 0.4) is 0 Å². The molecule has 0 bridgehead atoms. The van der Waals surface area contributed by atoms with Gasteiger partial charge in [0.25, 0.3) is 5.88 Å².